The van der Waals surface area contributed by atoms with E-state index in [-0.39, 0.29) is 18.6 Å². The summed E-state index contributed by atoms with van der Waals surface area (Å²) in [7, 11) is 1.70. The lowest BCUT2D eigenvalue weighted by Gasteiger charge is -2.26. The molecule has 1 aliphatic rings. The van der Waals surface area contributed by atoms with Crippen molar-refractivity contribution in [3.63, 3.8) is 0 Å². The highest BCUT2D eigenvalue weighted by Gasteiger charge is 2.28. The molecule has 2 atom stereocenters. The van der Waals surface area contributed by atoms with Crippen LogP contribution in [0.3, 0.4) is 0 Å². The van der Waals surface area contributed by atoms with Gasteiger partial charge >= 0.3 is 5.97 Å². The zero-order valence-electron chi connectivity index (χ0n) is 14.2. The number of carboxylic acids is 1. The molecule has 0 unspecified atom stereocenters. The van der Waals surface area contributed by atoms with Gasteiger partial charge in [0.15, 0.2) is 0 Å². The molecule has 2 heterocycles. The Labute approximate surface area is 148 Å². The summed E-state index contributed by atoms with van der Waals surface area (Å²) < 4.78 is 7.30. The zero-order valence-corrected chi connectivity index (χ0v) is 14.2. The minimum atomic E-state index is -0.782. The molecule has 1 fully saturated rings. The van der Waals surface area contributed by atoms with Crippen LogP contribution in [-0.2, 0) is 18.4 Å². The summed E-state index contributed by atoms with van der Waals surface area (Å²) in [6, 6.07) is 0. The summed E-state index contributed by atoms with van der Waals surface area (Å²) in [5.41, 5.74) is 10.1. The minimum Gasteiger partial charge on any atom is -0.481 e. The van der Waals surface area contributed by atoms with Crippen molar-refractivity contribution in [3.05, 3.63) is 28.5 Å². The first-order valence-electron chi connectivity index (χ1n) is 8.19. The first-order valence-corrected chi connectivity index (χ1v) is 8.19. The summed E-state index contributed by atoms with van der Waals surface area (Å²) in [4.78, 5) is 22.4. The smallest absolute Gasteiger partial charge is 0.306 e. The van der Waals surface area contributed by atoms with Crippen molar-refractivity contribution in [2.75, 3.05) is 0 Å². The van der Waals surface area contributed by atoms with Gasteiger partial charge in [-0.15, -0.1) is 5.10 Å². The van der Waals surface area contributed by atoms with Crippen molar-refractivity contribution in [1.29, 1.82) is 0 Å². The second-order valence-electron chi connectivity index (χ2n) is 6.08. The third kappa shape index (κ3) is 3.89. The van der Waals surface area contributed by atoms with E-state index in [0.29, 0.717) is 35.8 Å². The van der Waals surface area contributed by atoms with Gasteiger partial charge in [-0.25, -0.2) is 9.97 Å². The van der Waals surface area contributed by atoms with Gasteiger partial charge in [0, 0.05) is 12.0 Å². The molecule has 0 bridgehead atoms. The van der Waals surface area contributed by atoms with Crippen LogP contribution in [0.1, 0.15) is 31.4 Å². The molecule has 0 radical (unpaired) electrons. The average Bonchev–Trinajstić information content (AvgIpc) is 3.01. The molecule has 1 N–H and O–H groups in total. The quantitative estimate of drug-likeness (QED) is 0.471. The molecule has 0 spiro atoms. The van der Waals surface area contributed by atoms with Gasteiger partial charge in [-0.1, -0.05) is 10.3 Å². The standard InChI is InChI=1S/C15H18N8O3/c1-23-12(7-19-21-16)14(20-22-23)11-6-18-13(8-17-11)26-10-4-2-3-9(5-10)15(24)25/h6,8-10H,2-5,7H2,1H3,(H,24,25)/t9-,10-/m0/s1. The van der Waals surface area contributed by atoms with Crippen LogP contribution in [0, 0.1) is 5.92 Å². The van der Waals surface area contributed by atoms with Gasteiger partial charge in [-0.2, -0.15) is 0 Å². The largest absolute Gasteiger partial charge is 0.481 e. The number of rotatable bonds is 6. The molecule has 3 rings (SSSR count). The van der Waals surface area contributed by atoms with Gasteiger partial charge < -0.3 is 9.84 Å². The Morgan fingerprint density at radius 1 is 1.46 bits per heavy atom. The maximum Gasteiger partial charge on any atom is 0.306 e. The molecule has 1 aliphatic carbocycles. The fraction of sp³-hybridized carbons (Fsp3) is 0.533. The summed E-state index contributed by atoms with van der Waals surface area (Å²) in [6.07, 6.45) is 5.58. The minimum absolute atomic E-state index is 0.105. The Hall–Kier alpha value is -3.20. The fourth-order valence-electron chi connectivity index (χ4n) is 3.00. The number of ether oxygens (including phenoxy) is 1. The molecule has 0 aromatic carbocycles. The molecule has 136 valence electrons. The van der Waals surface area contributed by atoms with E-state index in [1.165, 1.54) is 17.1 Å². The van der Waals surface area contributed by atoms with Gasteiger partial charge in [-0.3, -0.25) is 9.48 Å². The maximum atomic E-state index is 11.1. The number of aliphatic carboxylic acids is 1. The molecule has 0 aliphatic heterocycles. The van der Waals surface area contributed by atoms with Gasteiger partial charge in [0.1, 0.15) is 17.5 Å². The Bertz CT molecular complexity index is 828. The molecule has 11 nitrogen and oxygen atoms in total. The first-order chi connectivity index (χ1) is 12.6. The number of carbonyl (C=O) groups is 1. The predicted octanol–water partition coefficient (Wildman–Crippen LogP) is 2.10. The summed E-state index contributed by atoms with van der Waals surface area (Å²) in [5, 5.41) is 20.6. The number of aryl methyl sites for hydroxylation is 1. The number of aromatic nitrogens is 5. The Kier molecular flexibility index (Phi) is 5.28. The van der Waals surface area contributed by atoms with Crippen molar-refractivity contribution in [1.82, 2.24) is 25.0 Å². The molecular weight excluding hydrogens is 340 g/mol. The SMILES string of the molecule is Cn1nnc(-c2cnc(O[C@H]3CCC[C@H](C(=O)O)C3)cn2)c1CN=[N+]=[N-]. The molecule has 11 heteroatoms. The van der Waals surface area contributed by atoms with Crippen LogP contribution in [0.15, 0.2) is 17.5 Å². The third-order valence-corrected chi connectivity index (χ3v) is 4.36. The van der Waals surface area contributed by atoms with E-state index in [4.69, 9.17) is 15.4 Å². The highest BCUT2D eigenvalue weighted by atomic mass is 16.5. The summed E-state index contributed by atoms with van der Waals surface area (Å²) >= 11 is 0. The van der Waals surface area contributed by atoms with Gasteiger partial charge in [-0.05, 0) is 31.2 Å². The van der Waals surface area contributed by atoms with Crippen LogP contribution >= 0.6 is 0 Å². The maximum absolute atomic E-state index is 11.1. The van der Waals surface area contributed by atoms with Crippen LogP contribution in [0.2, 0.25) is 0 Å². The second kappa shape index (κ2) is 7.79. The van der Waals surface area contributed by atoms with E-state index in [0.717, 1.165) is 12.8 Å². The lowest BCUT2D eigenvalue weighted by atomic mass is 9.87. The van der Waals surface area contributed by atoms with Crippen molar-refractivity contribution >= 4 is 5.97 Å². The van der Waals surface area contributed by atoms with E-state index >= 15 is 0 Å². The van der Waals surface area contributed by atoms with E-state index in [1.807, 2.05) is 0 Å². The first kappa shape index (κ1) is 17.6. The van der Waals surface area contributed by atoms with E-state index in [1.54, 1.807) is 7.05 Å². The molecule has 0 saturated heterocycles. The van der Waals surface area contributed by atoms with E-state index in [2.05, 4.69) is 30.3 Å². The monoisotopic (exact) mass is 358 g/mol. The summed E-state index contributed by atoms with van der Waals surface area (Å²) in [5.74, 6) is -0.816. The van der Waals surface area contributed by atoms with Crippen molar-refractivity contribution in [2.24, 2.45) is 18.1 Å². The molecule has 26 heavy (non-hydrogen) atoms. The molecule has 0 amide bonds. The second-order valence-corrected chi connectivity index (χ2v) is 6.08. The van der Waals surface area contributed by atoms with E-state index < -0.39 is 5.97 Å². The highest BCUT2D eigenvalue weighted by Crippen LogP contribution is 2.28. The van der Waals surface area contributed by atoms with Crippen LogP contribution in [0.4, 0.5) is 0 Å². The van der Waals surface area contributed by atoms with Crippen molar-refractivity contribution in [3.8, 4) is 17.3 Å². The predicted molar refractivity (Wildman–Crippen MR) is 88.9 cm³/mol. The topological polar surface area (TPSA) is 152 Å². The highest BCUT2D eigenvalue weighted by molar-refractivity contribution is 5.70. The van der Waals surface area contributed by atoms with Crippen LogP contribution < -0.4 is 4.74 Å². The van der Waals surface area contributed by atoms with Crippen LogP contribution in [-0.4, -0.2) is 42.1 Å². The average molecular weight is 358 g/mol. The van der Waals surface area contributed by atoms with Gasteiger partial charge in [0.2, 0.25) is 5.88 Å². The van der Waals surface area contributed by atoms with Gasteiger partial charge in [0.05, 0.1) is 30.6 Å². The Balaban J connectivity index is 1.71. The zero-order chi connectivity index (χ0) is 18.5. The lowest BCUT2D eigenvalue weighted by Crippen LogP contribution is -2.29. The number of hydrogen-bond acceptors (Lipinski definition) is 7. The number of azide groups is 1. The summed E-state index contributed by atoms with van der Waals surface area (Å²) in [6.45, 7) is 0.105. The lowest BCUT2D eigenvalue weighted by molar-refractivity contribution is -0.143. The molecule has 1 saturated carbocycles. The number of carboxylic acid groups (broad SMARTS) is 1. The number of hydrogen-bond donors (Lipinski definition) is 1. The van der Waals surface area contributed by atoms with Crippen LogP contribution in [0.5, 0.6) is 5.88 Å². The molecule has 2 aromatic rings. The van der Waals surface area contributed by atoms with E-state index in [9.17, 15) is 4.79 Å². The van der Waals surface area contributed by atoms with Gasteiger partial charge in [0.25, 0.3) is 0 Å². The molecular formula is C15H18N8O3. The Morgan fingerprint density at radius 3 is 3.00 bits per heavy atom. The van der Waals surface area contributed by atoms with Crippen LogP contribution in [0.25, 0.3) is 21.8 Å². The normalized spacial score (nSPS) is 19.6. The fourth-order valence-corrected chi connectivity index (χ4v) is 3.00. The molecule has 2 aromatic heterocycles. The van der Waals surface area contributed by atoms with Crippen molar-refractivity contribution in [2.45, 2.75) is 38.3 Å². The number of nitrogens with zero attached hydrogens (tertiary/aromatic N) is 8. The van der Waals surface area contributed by atoms with Crippen molar-refractivity contribution < 1.29 is 14.6 Å². The third-order valence-electron chi connectivity index (χ3n) is 4.36. The Morgan fingerprint density at radius 2 is 2.31 bits per heavy atom.